The van der Waals surface area contributed by atoms with Crippen LogP contribution in [-0.4, -0.2) is 121 Å². The predicted octanol–water partition coefficient (Wildman–Crippen LogP) is 1.14. The van der Waals surface area contributed by atoms with E-state index in [2.05, 4.69) is 4.90 Å². The number of carbonyl (C=O) groups is 3. The second kappa shape index (κ2) is 10.5. The van der Waals surface area contributed by atoms with Crippen molar-refractivity contribution in [3.8, 4) is 0 Å². The minimum absolute atomic E-state index is 0.00651. The van der Waals surface area contributed by atoms with Gasteiger partial charge in [-0.3, -0.25) is 14.5 Å². The number of esters is 1. The smallest absolute Gasteiger partial charge is 0.340 e. The quantitative estimate of drug-likeness (QED) is 0.273. The third-order valence-corrected chi connectivity index (χ3v) is 14.0. The number of hydrogen-bond donors (Lipinski definition) is 3. The predicted molar refractivity (Wildman–Crippen MR) is 165 cm³/mol. The van der Waals surface area contributed by atoms with E-state index in [1.165, 1.54) is 0 Å². The number of carbonyl (C=O) groups excluding carboxylic acids is 3. The van der Waals surface area contributed by atoms with Crippen molar-refractivity contribution in [2.75, 3.05) is 45.9 Å². The van der Waals surface area contributed by atoms with Gasteiger partial charge in [-0.15, -0.1) is 0 Å². The van der Waals surface area contributed by atoms with Gasteiger partial charge >= 0.3 is 5.97 Å². The number of rotatable bonds is 8. The van der Waals surface area contributed by atoms with E-state index < -0.39 is 58.3 Å². The second-order valence-corrected chi connectivity index (χ2v) is 15.2. The summed E-state index contributed by atoms with van der Waals surface area (Å²) >= 11 is 0. The number of likely N-dealkylation sites (N-methyl/N-ethyl adjacent to an activating group) is 1. The minimum Gasteiger partial charge on any atom is -0.461 e. The molecule has 7 aliphatic rings. The lowest BCUT2D eigenvalue weighted by atomic mass is 9.42. The summed E-state index contributed by atoms with van der Waals surface area (Å²) in [6.07, 6.45) is -0.158. The first-order valence-electron chi connectivity index (χ1n) is 17.1. The molecule has 12 nitrogen and oxygen atoms in total. The van der Waals surface area contributed by atoms with Crippen LogP contribution < -0.4 is 4.90 Å². The van der Waals surface area contributed by atoms with Crippen molar-refractivity contribution >= 4 is 23.5 Å². The number of imide groups is 1. The fourth-order valence-electron chi connectivity index (χ4n) is 12.7. The standard InChI is InChI=1S/C35H46N2O10/c1-5-36-16-32(17-47-30(41)18-8-6-7-9-21(18)37-24(38)10-11-25(37)39)13-12-23(45-3)34-20-14-19-22(44-2)15-33(42,26(20)27(19)40)35(43,31(34)36)29(46-4)28(32)34/h6-9,19-20,22-23,26-29,31,40,42-43H,5,10-17H2,1-4H3/t19-,20?,22+,23+,26?,27?,28?,29?,31?,32+,33-,34+,35+/m1/s1. The number of methoxy groups -OCH3 is 3. The molecule has 3 N–H and O–H groups in total. The highest BCUT2D eigenvalue weighted by molar-refractivity contribution is 6.21. The Morgan fingerprint density at radius 3 is 2.43 bits per heavy atom. The molecule has 47 heavy (non-hydrogen) atoms. The first-order chi connectivity index (χ1) is 22.5. The van der Waals surface area contributed by atoms with Crippen LogP contribution in [0.1, 0.15) is 55.8 Å². The molecule has 2 aliphatic heterocycles. The summed E-state index contributed by atoms with van der Waals surface area (Å²) < 4.78 is 24.8. The third kappa shape index (κ3) is 3.60. The maximum atomic E-state index is 13.9. The lowest BCUT2D eigenvalue weighted by Crippen LogP contribution is -2.82. The highest BCUT2D eigenvalue weighted by Gasteiger charge is 2.91. The van der Waals surface area contributed by atoms with E-state index in [1.54, 1.807) is 45.6 Å². The van der Waals surface area contributed by atoms with Crippen molar-refractivity contribution in [3.05, 3.63) is 29.8 Å². The van der Waals surface area contributed by atoms with Gasteiger partial charge in [-0.05, 0) is 43.9 Å². The highest BCUT2D eigenvalue weighted by atomic mass is 16.5. The number of benzene rings is 1. The van der Waals surface area contributed by atoms with Gasteiger partial charge in [0.25, 0.3) is 0 Å². The number of para-hydroxylation sites is 1. The molecule has 256 valence electrons. The van der Waals surface area contributed by atoms with Gasteiger partial charge in [-0.25, -0.2) is 9.69 Å². The maximum absolute atomic E-state index is 13.9. The van der Waals surface area contributed by atoms with Gasteiger partial charge in [0.1, 0.15) is 11.2 Å². The molecule has 1 aromatic carbocycles. The van der Waals surface area contributed by atoms with Crippen LogP contribution in [0.3, 0.4) is 0 Å². The van der Waals surface area contributed by atoms with Crippen LogP contribution in [0.25, 0.3) is 0 Å². The summed E-state index contributed by atoms with van der Waals surface area (Å²) in [6, 6.07) is 5.99. The number of nitrogens with zero attached hydrogens (tertiary/aromatic N) is 2. The molecule has 1 spiro atoms. The van der Waals surface area contributed by atoms with Crippen molar-refractivity contribution < 1.29 is 48.7 Å². The number of piperidine rings is 1. The molecule has 8 rings (SSSR count). The van der Waals surface area contributed by atoms with Crippen LogP contribution in [0.4, 0.5) is 5.69 Å². The van der Waals surface area contributed by atoms with Gasteiger partial charge in [0, 0.05) is 75.7 Å². The Morgan fingerprint density at radius 1 is 1.04 bits per heavy atom. The SMILES string of the molecule is CCN1C[C@]2(COC(=O)c3ccccc3N3C(=O)CCC3=O)CC[C@H](OC)[C@@]34C5C[C@H]6C(O)C5[C@](O)(C[C@@H]6OC)[C@](O)(C(OC)C23)C14. The van der Waals surface area contributed by atoms with Crippen molar-refractivity contribution in [3.63, 3.8) is 0 Å². The summed E-state index contributed by atoms with van der Waals surface area (Å²) in [7, 11) is 4.87. The van der Waals surface area contributed by atoms with Gasteiger partial charge in [0.15, 0.2) is 0 Å². The van der Waals surface area contributed by atoms with E-state index in [0.717, 1.165) is 4.90 Å². The average molecular weight is 655 g/mol. The Bertz CT molecular complexity index is 1490. The van der Waals surface area contributed by atoms with Gasteiger partial charge in [0.05, 0.1) is 48.3 Å². The van der Waals surface area contributed by atoms with E-state index >= 15 is 0 Å². The van der Waals surface area contributed by atoms with Crippen LogP contribution in [-0.2, 0) is 28.5 Å². The monoisotopic (exact) mass is 654 g/mol. The maximum Gasteiger partial charge on any atom is 0.340 e. The molecule has 2 heterocycles. The molecule has 7 fully saturated rings. The number of aliphatic hydroxyl groups excluding tert-OH is 1. The zero-order valence-corrected chi connectivity index (χ0v) is 27.5. The van der Waals surface area contributed by atoms with E-state index in [9.17, 15) is 29.7 Å². The van der Waals surface area contributed by atoms with Crippen LogP contribution in [0.2, 0.25) is 0 Å². The minimum atomic E-state index is -1.77. The van der Waals surface area contributed by atoms with E-state index in [0.29, 0.717) is 32.4 Å². The number of amides is 2. The highest BCUT2D eigenvalue weighted by Crippen LogP contribution is 2.80. The van der Waals surface area contributed by atoms with Crippen molar-refractivity contribution in [2.24, 2.45) is 34.5 Å². The number of fused-ring (bicyclic) bond motifs is 2. The summed E-state index contributed by atoms with van der Waals surface area (Å²) in [5.41, 5.74) is -4.51. The van der Waals surface area contributed by atoms with Crippen molar-refractivity contribution in [1.29, 1.82) is 0 Å². The second-order valence-electron chi connectivity index (χ2n) is 15.2. The molecule has 7 bridgehead atoms. The molecule has 5 aliphatic carbocycles. The largest absolute Gasteiger partial charge is 0.461 e. The van der Waals surface area contributed by atoms with Crippen LogP contribution in [0.15, 0.2) is 24.3 Å². The van der Waals surface area contributed by atoms with Gasteiger partial charge < -0.3 is 34.3 Å². The van der Waals surface area contributed by atoms with Crippen LogP contribution in [0.5, 0.6) is 0 Å². The van der Waals surface area contributed by atoms with Gasteiger partial charge in [-0.1, -0.05) is 19.1 Å². The number of likely N-dealkylation sites (tertiary alicyclic amines) is 1. The summed E-state index contributed by atoms with van der Waals surface area (Å²) in [5, 5.41) is 38.0. The Kier molecular flexibility index (Phi) is 7.12. The Hall–Kier alpha value is -2.45. The molecular weight excluding hydrogens is 608 g/mol. The molecule has 2 saturated heterocycles. The van der Waals surface area contributed by atoms with E-state index in [4.69, 9.17) is 18.9 Å². The molecule has 12 heteroatoms. The van der Waals surface area contributed by atoms with E-state index in [-0.39, 0.29) is 72.8 Å². The number of ether oxygens (including phenoxy) is 4. The third-order valence-electron chi connectivity index (χ3n) is 14.0. The number of aliphatic hydroxyl groups is 3. The molecule has 0 radical (unpaired) electrons. The molecule has 6 unspecified atom stereocenters. The molecule has 0 aromatic heterocycles. The van der Waals surface area contributed by atoms with E-state index in [1.807, 2.05) is 6.92 Å². The molecular formula is C35H46N2O10. The summed E-state index contributed by atoms with van der Waals surface area (Å²) in [5.74, 6) is -2.70. The van der Waals surface area contributed by atoms with Crippen LogP contribution in [0, 0.1) is 34.5 Å². The lowest BCUT2D eigenvalue weighted by molar-refractivity contribution is -0.318. The van der Waals surface area contributed by atoms with Crippen LogP contribution >= 0.6 is 0 Å². The molecule has 2 amide bonds. The molecule has 5 saturated carbocycles. The summed E-state index contributed by atoms with van der Waals surface area (Å²) in [6.45, 7) is 3.12. The zero-order valence-electron chi connectivity index (χ0n) is 27.5. The molecule has 13 atom stereocenters. The topological polar surface area (TPSA) is 155 Å². The van der Waals surface area contributed by atoms with Gasteiger partial charge in [-0.2, -0.15) is 0 Å². The van der Waals surface area contributed by atoms with Gasteiger partial charge in [0.2, 0.25) is 11.8 Å². The fourth-order valence-corrected chi connectivity index (χ4v) is 12.7. The Morgan fingerprint density at radius 2 is 1.77 bits per heavy atom. The fraction of sp³-hybridized carbons (Fsp3) is 0.743. The Labute approximate surface area is 274 Å². The average Bonchev–Trinajstić information content (AvgIpc) is 3.60. The van der Waals surface area contributed by atoms with Crippen molar-refractivity contribution in [2.45, 2.75) is 87.1 Å². The summed E-state index contributed by atoms with van der Waals surface area (Å²) in [4.78, 5) is 42.5. The van der Waals surface area contributed by atoms with Crippen molar-refractivity contribution in [1.82, 2.24) is 4.90 Å². The zero-order chi connectivity index (χ0) is 33.3. The number of anilines is 1. The first-order valence-corrected chi connectivity index (χ1v) is 17.1. The molecule has 1 aromatic rings. The normalized spacial score (nSPS) is 47.9. The Balaban J connectivity index is 1.24. The number of hydrogen-bond acceptors (Lipinski definition) is 11. The lowest BCUT2D eigenvalue weighted by Gasteiger charge is -2.70. The first kappa shape index (κ1) is 31.8.